The standard InChI is InChI=1S/C14H21NO2/c1-11-9-13(16-2)6-7-14(11)17-10-12-5-3-4-8-15-12/h6-7,9,12,15H,3-5,8,10H2,1-2H3. The van der Waals surface area contributed by atoms with Gasteiger partial charge >= 0.3 is 0 Å². The van der Waals surface area contributed by atoms with Gasteiger partial charge in [-0.2, -0.15) is 0 Å². The van der Waals surface area contributed by atoms with E-state index < -0.39 is 0 Å². The SMILES string of the molecule is COc1ccc(OCC2CCCCN2)c(C)c1. The topological polar surface area (TPSA) is 30.5 Å². The molecule has 1 aliphatic rings. The number of benzene rings is 1. The summed E-state index contributed by atoms with van der Waals surface area (Å²) in [4.78, 5) is 0. The number of nitrogens with one attached hydrogen (secondary N) is 1. The summed E-state index contributed by atoms with van der Waals surface area (Å²) >= 11 is 0. The third-order valence-corrected chi connectivity index (χ3v) is 3.23. The second-order valence-electron chi connectivity index (χ2n) is 4.59. The molecule has 17 heavy (non-hydrogen) atoms. The van der Waals surface area contributed by atoms with E-state index in [-0.39, 0.29) is 0 Å². The van der Waals surface area contributed by atoms with Crippen molar-refractivity contribution in [2.24, 2.45) is 0 Å². The molecule has 1 aliphatic heterocycles. The van der Waals surface area contributed by atoms with E-state index in [2.05, 4.69) is 5.32 Å². The van der Waals surface area contributed by atoms with E-state index >= 15 is 0 Å². The number of hydrogen-bond donors (Lipinski definition) is 1. The van der Waals surface area contributed by atoms with Crippen LogP contribution in [0.15, 0.2) is 18.2 Å². The van der Waals surface area contributed by atoms with Gasteiger partial charge in [-0.3, -0.25) is 0 Å². The summed E-state index contributed by atoms with van der Waals surface area (Å²) in [5.41, 5.74) is 1.13. The minimum absolute atomic E-state index is 0.505. The molecule has 0 amide bonds. The zero-order chi connectivity index (χ0) is 12.1. The minimum atomic E-state index is 0.505. The van der Waals surface area contributed by atoms with Gasteiger partial charge < -0.3 is 14.8 Å². The lowest BCUT2D eigenvalue weighted by atomic mass is 10.1. The third-order valence-electron chi connectivity index (χ3n) is 3.23. The van der Waals surface area contributed by atoms with Gasteiger partial charge in [0.2, 0.25) is 0 Å². The Balaban J connectivity index is 1.89. The first-order valence-electron chi connectivity index (χ1n) is 6.30. The average Bonchev–Trinajstić information content (AvgIpc) is 2.38. The molecule has 1 unspecified atom stereocenters. The summed E-state index contributed by atoms with van der Waals surface area (Å²) in [5.74, 6) is 1.84. The van der Waals surface area contributed by atoms with Crippen molar-refractivity contribution >= 4 is 0 Å². The van der Waals surface area contributed by atoms with E-state index in [0.717, 1.165) is 30.2 Å². The van der Waals surface area contributed by atoms with Crippen molar-refractivity contribution < 1.29 is 9.47 Å². The number of ether oxygens (including phenoxy) is 2. The fourth-order valence-electron chi connectivity index (χ4n) is 2.17. The molecule has 1 saturated heterocycles. The fourth-order valence-corrected chi connectivity index (χ4v) is 2.17. The van der Waals surface area contributed by atoms with Crippen LogP contribution in [0.2, 0.25) is 0 Å². The van der Waals surface area contributed by atoms with Crippen molar-refractivity contribution in [2.75, 3.05) is 20.3 Å². The molecular weight excluding hydrogens is 214 g/mol. The Morgan fingerprint density at radius 3 is 2.88 bits per heavy atom. The maximum atomic E-state index is 5.86. The van der Waals surface area contributed by atoms with Crippen LogP contribution in [0, 0.1) is 6.92 Å². The molecule has 0 spiro atoms. The Bertz CT molecular complexity index is 359. The molecule has 1 N–H and O–H groups in total. The summed E-state index contributed by atoms with van der Waals surface area (Å²) in [6.45, 7) is 3.93. The maximum absolute atomic E-state index is 5.86. The molecule has 0 aromatic heterocycles. The van der Waals surface area contributed by atoms with Crippen molar-refractivity contribution in [3.63, 3.8) is 0 Å². The summed E-state index contributed by atoms with van der Waals surface area (Å²) in [5, 5.41) is 3.48. The van der Waals surface area contributed by atoms with Crippen molar-refractivity contribution in [3.05, 3.63) is 23.8 Å². The second-order valence-corrected chi connectivity index (χ2v) is 4.59. The van der Waals surface area contributed by atoms with Gasteiger partial charge in [-0.05, 0) is 50.1 Å². The van der Waals surface area contributed by atoms with E-state index in [4.69, 9.17) is 9.47 Å². The number of hydrogen-bond acceptors (Lipinski definition) is 3. The highest BCUT2D eigenvalue weighted by molar-refractivity contribution is 5.39. The summed E-state index contributed by atoms with van der Waals surface area (Å²) < 4.78 is 11.0. The zero-order valence-corrected chi connectivity index (χ0v) is 10.7. The van der Waals surface area contributed by atoms with Gasteiger partial charge in [-0.25, -0.2) is 0 Å². The first-order valence-corrected chi connectivity index (χ1v) is 6.30. The molecule has 1 atom stereocenters. The van der Waals surface area contributed by atoms with Crippen LogP contribution in [-0.2, 0) is 0 Å². The minimum Gasteiger partial charge on any atom is -0.497 e. The van der Waals surface area contributed by atoms with E-state index in [1.54, 1.807) is 7.11 Å². The Hall–Kier alpha value is -1.22. The van der Waals surface area contributed by atoms with Gasteiger partial charge in [0.1, 0.15) is 18.1 Å². The molecule has 1 fully saturated rings. The quantitative estimate of drug-likeness (QED) is 0.870. The van der Waals surface area contributed by atoms with E-state index in [9.17, 15) is 0 Å². The van der Waals surface area contributed by atoms with E-state index in [1.165, 1.54) is 19.3 Å². The smallest absolute Gasteiger partial charge is 0.122 e. The average molecular weight is 235 g/mol. The molecule has 3 nitrogen and oxygen atoms in total. The van der Waals surface area contributed by atoms with Crippen LogP contribution >= 0.6 is 0 Å². The van der Waals surface area contributed by atoms with Gasteiger partial charge in [-0.15, -0.1) is 0 Å². The lowest BCUT2D eigenvalue weighted by Crippen LogP contribution is -2.38. The Labute approximate surface area is 103 Å². The van der Waals surface area contributed by atoms with Crippen molar-refractivity contribution in [1.82, 2.24) is 5.32 Å². The summed E-state index contributed by atoms with van der Waals surface area (Å²) in [6, 6.07) is 6.43. The second kappa shape index (κ2) is 5.92. The van der Waals surface area contributed by atoms with Crippen molar-refractivity contribution in [1.29, 1.82) is 0 Å². The highest BCUT2D eigenvalue weighted by Crippen LogP contribution is 2.23. The Morgan fingerprint density at radius 2 is 2.24 bits per heavy atom. The van der Waals surface area contributed by atoms with Crippen LogP contribution in [-0.4, -0.2) is 26.3 Å². The lowest BCUT2D eigenvalue weighted by Gasteiger charge is -2.23. The highest BCUT2D eigenvalue weighted by Gasteiger charge is 2.13. The van der Waals surface area contributed by atoms with Gasteiger partial charge in [-0.1, -0.05) is 6.42 Å². The van der Waals surface area contributed by atoms with Gasteiger partial charge in [0.05, 0.1) is 7.11 Å². The Morgan fingerprint density at radius 1 is 1.35 bits per heavy atom. The normalized spacial score (nSPS) is 20.0. The molecule has 1 heterocycles. The third kappa shape index (κ3) is 3.37. The van der Waals surface area contributed by atoms with Crippen LogP contribution in [0.3, 0.4) is 0 Å². The Kier molecular flexibility index (Phi) is 4.26. The maximum Gasteiger partial charge on any atom is 0.122 e. The van der Waals surface area contributed by atoms with E-state index in [1.807, 2.05) is 25.1 Å². The molecule has 94 valence electrons. The molecule has 0 bridgehead atoms. The number of methoxy groups -OCH3 is 1. The molecule has 3 heteroatoms. The molecule has 1 aromatic carbocycles. The predicted molar refractivity (Wildman–Crippen MR) is 68.9 cm³/mol. The first-order chi connectivity index (χ1) is 8.29. The van der Waals surface area contributed by atoms with E-state index in [0.29, 0.717) is 6.04 Å². The van der Waals surface area contributed by atoms with Crippen LogP contribution in [0.25, 0.3) is 0 Å². The fraction of sp³-hybridized carbons (Fsp3) is 0.571. The van der Waals surface area contributed by atoms with Crippen LogP contribution < -0.4 is 14.8 Å². The molecule has 0 radical (unpaired) electrons. The lowest BCUT2D eigenvalue weighted by molar-refractivity contribution is 0.237. The summed E-state index contributed by atoms with van der Waals surface area (Å²) in [6.07, 6.45) is 3.82. The van der Waals surface area contributed by atoms with Crippen molar-refractivity contribution in [2.45, 2.75) is 32.2 Å². The predicted octanol–water partition coefficient (Wildman–Crippen LogP) is 2.52. The van der Waals surface area contributed by atoms with Crippen LogP contribution in [0.4, 0.5) is 0 Å². The molecule has 0 saturated carbocycles. The molecular formula is C14H21NO2. The molecule has 1 aromatic rings. The number of piperidine rings is 1. The van der Waals surface area contributed by atoms with Gasteiger partial charge in [0, 0.05) is 6.04 Å². The van der Waals surface area contributed by atoms with Gasteiger partial charge in [0.25, 0.3) is 0 Å². The highest BCUT2D eigenvalue weighted by atomic mass is 16.5. The van der Waals surface area contributed by atoms with Gasteiger partial charge in [0.15, 0.2) is 0 Å². The molecule has 0 aliphatic carbocycles. The number of rotatable bonds is 4. The van der Waals surface area contributed by atoms with Crippen LogP contribution in [0.1, 0.15) is 24.8 Å². The van der Waals surface area contributed by atoms with Crippen LogP contribution in [0.5, 0.6) is 11.5 Å². The summed E-state index contributed by atoms with van der Waals surface area (Å²) in [7, 11) is 1.68. The first kappa shape index (κ1) is 12.2. The monoisotopic (exact) mass is 235 g/mol. The number of aryl methyl sites for hydroxylation is 1. The van der Waals surface area contributed by atoms with Crippen molar-refractivity contribution in [3.8, 4) is 11.5 Å². The largest absolute Gasteiger partial charge is 0.497 e. The zero-order valence-electron chi connectivity index (χ0n) is 10.7. The molecule has 2 rings (SSSR count).